The van der Waals surface area contributed by atoms with Crippen LogP contribution in [0.3, 0.4) is 0 Å². The van der Waals surface area contributed by atoms with Crippen molar-refractivity contribution in [2.45, 2.75) is 76.0 Å². The summed E-state index contributed by atoms with van der Waals surface area (Å²) in [6, 6.07) is 0. The first-order chi connectivity index (χ1) is 11.6. The van der Waals surface area contributed by atoms with E-state index in [0.717, 1.165) is 44.4 Å². The molecule has 1 aromatic heterocycles. The normalized spacial score (nSPS) is 22.2. The Morgan fingerprint density at radius 1 is 1.17 bits per heavy atom. The maximum Gasteiger partial charge on any atom is 0.229 e. The molecule has 0 aliphatic heterocycles. The first-order valence-electron chi connectivity index (χ1n) is 9.16. The highest BCUT2D eigenvalue weighted by molar-refractivity contribution is 7.87. The second kappa shape index (κ2) is 10.2. The zero-order valence-corrected chi connectivity index (χ0v) is 16.4. The smallest absolute Gasteiger partial charge is 0.229 e. The summed E-state index contributed by atoms with van der Waals surface area (Å²) < 4.78 is 12.5. The average molecular weight is 372 g/mol. The lowest BCUT2D eigenvalue weighted by Crippen LogP contribution is -2.27. The van der Waals surface area contributed by atoms with Gasteiger partial charge in [0.15, 0.2) is 0 Å². The summed E-state index contributed by atoms with van der Waals surface area (Å²) in [7, 11) is -1.10. The van der Waals surface area contributed by atoms with Gasteiger partial charge >= 0.3 is 0 Å². The number of unbranched alkanes of at least 4 members (excludes halogenated alkanes) is 2. The van der Waals surface area contributed by atoms with Crippen molar-refractivity contribution in [3.8, 4) is 0 Å². The van der Waals surface area contributed by atoms with Gasteiger partial charge in [-0.05, 0) is 38.0 Å². The molecular weight excluding hydrogens is 342 g/mol. The Bertz CT molecular complexity index is 540. The van der Waals surface area contributed by atoms with Crippen LogP contribution in [0.1, 0.15) is 71.6 Å². The van der Waals surface area contributed by atoms with Crippen molar-refractivity contribution in [3.05, 3.63) is 0 Å². The lowest BCUT2D eigenvalue weighted by molar-refractivity contribution is -0.121. The van der Waals surface area contributed by atoms with Gasteiger partial charge in [-0.3, -0.25) is 9.00 Å². The van der Waals surface area contributed by atoms with Gasteiger partial charge in [-0.2, -0.15) is 0 Å². The molecule has 7 heteroatoms. The summed E-state index contributed by atoms with van der Waals surface area (Å²) in [4.78, 5) is 12.4. The third-order valence-corrected chi connectivity index (χ3v) is 7.27. The van der Waals surface area contributed by atoms with Crippen molar-refractivity contribution in [2.75, 3.05) is 11.1 Å². The molecule has 0 bridgehead atoms. The molecule has 1 atom stereocenters. The molecule has 1 aliphatic carbocycles. The maximum absolute atomic E-state index is 12.4. The van der Waals surface area contributed by atoms with E-state index in [4.69, 9.17) is 0 Å². The third-order valence-electron chi connectivity index (χ3n) is 4.70. The number of nitrogens with one attached hydrogen (secondary N) is 1. The minimum atomic E-state index is -1.10. The summed E-state index contributed by atoms with van der Waals surface area (Å²) in [6.45, 7) is 4.30. The van der Waals surface area contributed by atoms with Crippen LogP contribution in [0.2, 0.25) is 0 Å². The molecule has 1 heterocycles. The molecule has 1 unspecified atom stereocenters. The molecule has 0 spiro atoms. The average Bonchev–Trinajstić information content (AvgIpc) is 3.06. The predicted octanol–water partition coefficient (Wildman–Crippen LogP) is 4.38. The van der Waals surface area contributed by atoms with Crippen LogP contribution >= 0.6 is 11.3 Å². The molecule has 0 aromatic carbocycles. The van der Waals surface area contributed by atoms with Gasteiger partial charge in [-0.15, -0.1) is 10.2 Å². The molecule has 24 heavy (non-hydrogen) atoms. The van der Waals surface area contributed by atoms with Gasteiger partial charge in [0.05, 0.1) is 10.8 Å². The minimum absolute atomic E-state index is 0.0472. The Balaban J connectivity index is 1.79. The van der Waals surface area contributed by atoms with E-state index in [9.17, 15) is 9.00 Å². The molecule has 5 nitrogen and oxygen atoms in total. The molecule has 1 N–H and O–H groups in total. The van der Waals surface area contributed by atoms with Crippen LogP contribution in [0.15, 0.2) is 4.34 Å². The lowest BCUT2D eigenvalue weighted by Gasteiger charge is -2.27. The van der Waals surface area contributed by atoms with Crippen molar-refractivity contribution >= 4 is 33.2 Å². The number of hydrogen-bond acceptors (Lipinski definition) is 5. The van der Waals surface area contributed by atoms with E-state index >= 15 is 0 Å². The van der Waals surface area contributed by atoms with Crippen LogP contribution < -0.4 is 5.32 Å². The fourth-order valence-electron chi connectivity index (χ4n) is 3.13. The third kappa shape index (κ3) is 5.92. The first kappa shape index (κ1) is 19.5. The Morgan fingerprint density at radius 3 is 2.54 bits per heavy atom. The largest absolute Gasteiger partial charge is 0.300 e. The van der Waals surface area contributed by atoms with Gasteiger partial charge in [-0.25, -0.2) is 0 Å². The highest BCUT2D eigenvalue weighted by Crippen LogP contribution is 2.32. The molecular formula is C17H29N3O2S2. The van der Waals surface area contributed by atoms with Crippen LogP contribution in [0.25, 0.3) is 0 Å². The van der Waals surface area contributed by atoms with Gasteiger partial charge in [0.1, 0.15) is 0 Å². The van der Waals surface area contributed by atoms with E-state index in [1.54, 1.807) is 0 Å². The first-order valence-corrected chi connectivity index (χ1v) is 11.3. The molecule has 1 saturated carbocycles. The number of rotatable bonds is 9. The van der Waals surface area contributed by atoms with E-state index in [1.807, 2.05) is 0 Å². The molecule has 1 aliphatic rings. The van der Waals surface area contributed by atoms with Gasteiger partial charge in [-0.1, -0.05) is 50.9 Å². The molecule has 1 amide bonds. The van der Waals surface area contributed by atoms with E-state index in [1.165, 1.54) is 30.6 Å². The molecule has 1 aromatic rings. The fourth-order valence-corrected chi connectivity index (χ4v) is 5.32. The summed E-state index contributed by atoms with van der Waals surface area (Å²) in [5.74, 6) is 1.54. The molecule has 0 radical (unpaired) electrons. The molecule has 136 valence electrons. The van der Waals surface area contributed by atoms with Crippen LogP contribution in [-0.4, -0.2) is 26.1 Å². The highest BCUT2D eigenvalue weighted by Gasteiger charge is 2.26. The number of anilines is 1. The van der Waals surface area contributed by atoms with Gasteiger partial charge in [0, 0.05) is 11.7 Å². The van der Waals surface area contributed by atoms with Crippen molar-refractivity contribution in [3.63, 3.8) is 0 Å². The maximum atomic E-state index is 12.4. The SMILES string of the molecule is CCCCC1CCC(C(=O)Nc2nnc(S(=O)CCCC)s2)CC1. The standard InChI is InChI=1S/C17H29N3O2S2/c1-3-5-7-13-8-10-14(11-9-13)15(21)18-16-19-20-17(23-16)24(22)12-6-4-2/h13-14H,3-12H2,1-2H3,(H,18,19,21). The highest BCUT2D eigenvalue weighted by atomic mass is 32.2. The summed E-state index contributed by atoms with van der Waals surface area (Å²) in [6.07, 6.45) is 10.0. The molecule has 1 fully saturated rings. The Kier molecular flexibility index (Phi) is 8.32. The van der Waals surface area contributed by atoms with Crippen molar-refractivity contribution in [2.24, 2.45) is 11.8 Å². The van der Waals surface area contributed by atoms with E-state index in [0.29, 0.717) is 15.2 Å². The Morgan fingerprint density at radius 2 is 1.88 bits per heavy atom. The van der Waals surface area contributed by atoms with Crippen molar-refractivity contribution < 1.29 is 9.00 Å². The second-order valence-corrected chi connectivity index (χ2v) is 9.35. The Hall–Kier alpha value is -0.820. The van der Waals surface area contributed by atoms with Crippen LogP contribution in [0.4, 0.5) is 5.13 Å². The quantitative estimate of drug-likeness (QED) is 0.654. The molecule has 2 rings (SSSR count). The van der Waals surface area contributed by atoms with Crippen molar-refractivity contribution in [1.82, 2.24) is 10.2 Å². The number of aromatic nitrogens is 2. The van der Waals surface area contributed by atoms with Gasteiger partial charge in [0.25, 0.3) is 0 Å². The van der Waals surface area contributed by atoms with Crippen LogP contribution in [0.5, 0.6) is 0 Å². The number of carbonyl (C=O) groups excluding carboxylic acids is 1. The van der Waals surface area contributed by atoms with E-state index in [2.05, 4.69) is 29.4 Å². The van der Waals surface area contributed by atoms with Crippen LogP contribution in [-0.2, 0) is 15.6 Å². The predicted molar refractivity (Wildman–Crippen MR) is 99.7 cm³/mol. The van der Waals surface area contributed by atoms with Gasteiger partial charge < -0.3 is 5.32 Å². The van der Waals surface area contributed by atoms with E-state index in [-0.39, 0.29) is 11.8 Å². The van der Waals surface area contributed by atoms with E-state index < -0.39 is 10.8 Å². The zero-order chi connectivity index (χ0) is 17.4. The summed E-state index contributed by atoms with van der Waals surface area (Å²) >= 11 is 1.24. The summed E-state index contributed by atoms with van der Waals surface area (Å²) in [5, 5.41) is 11.3. The summed E-state index contributed by atoms with van der Waals surface area (Å²) in [5.41, 5.74) is 0. The number of carbonyl (C=O) groups is 1. The lowest BCUT2D eigenvalue weighted by atomic mass is 9.79. The minimum Gasteiger partial charge on any atom is -0.300 e. The van der Waals surface area contributed by atoms with Crippen LogP contribution in [0, 0.1) is 11.8 Å². The Labute approximate surface area is 151 Å². The number of hydrogen-bond donors (Lipinski definition) is 1. The zero-order valence-electron chi connectivity index (χ0n) is 14.8. The number of amides is 1. The number of nitrogens with zero attached hydrogens (tertiary/aromatic N) is 2. The monoisotopic (exact) mass is 371 g/mol. The second-order valence-electron chi connectivity index (χ2n) is 6.63. The van der Waals surface area contributed by atoms with Gasteiger partial charge in [0.2, 0.25) is 15.4 Å². The fraction of sp³-hybridized carbons (Fsp3) is 0.824. The molecule has 0 saturated heterocycles. The topological polar surface area (TPSA) is 72.0 Å². The van der Waals surface area contributed by atoms with Crippen molar-refractivity contribution in [1.29, 1.82) is 0 Å².